The van der Waals surface area contributed by atoms with Gasteiger partial charge in [-0.15, -0.1) is 11.8 Å². The molecule has 0 aliphatic carbocycles. The Morgan fingerprint density at radius 1 is 1.53 bits per heavy atom. The third-order valence-electron chi connectivity index (χ3n) is 3.73. The van der Waals surface area contributed by atoms with Crippen molar-refractivity contribution in [1.29, 1.82) is 0 Å². The molecule has 0 aromatic heterocycles. The topological polar surface area (TPSA) is 58.6 Å². The molecule has 0 bridgehead atoms. The summed E-state index contributed by atoms with van der Waals surface area (Å²) in [5, 5.41) is 12.6. The summed E-state index contributed by atoms with van der Waals surface area (Å²) in [6.45, 7) is 1.89. The van der Waals surface area contributed by atoms with E-state index in [-0.39, 0.29) is 16.8 Å². The number of ether oxygens (including phenoxy) is 1. The first-order valence-corrected chi connectivity index (χ1v) is 6.76. The van der Waals surface area contributed by atoms with E-state index in [0.717, 1.165) is 25.9 Å². The van der Waals surface area contributed by atoms with E-state index in [1.807, 2.05) is 12.2 Å². The number of allylic oxidation sites excluding steroid dienone is 2. The predicted molar refractivity (Wildman–Crippen MR) is 65.6 cm³/mol. The van der Waals surface area contributed by atoms with Crippen molar-refractivity contribution < 1.29 is 14.6 Å². The molecular weight excluding hydrogens is 238 g/mol. The first kappa shape index (κ1) is 11.2. The average Bonchev–Trinajstić information content (AvgIpc) is 2.76. The molecular formula is C12H15NO3S. The molecule has 3 rings (SSSR count). The van der Waals surface area contributed by atoms with Crippen LogP contribution in [0.5, 0.6) is 0 Å². The van der Waals surface area contributed by atoms with Crippen molar-refractivity contribution in [2.24, 2.45) is 5.92 Å². The lowest BCUT2D eigenvalue weighted by atomic mass is 9.81. The minimum atomic E-state index is -0.818. The maximum atomic E-state index is 11.0. The molecule has 1 fully saturated rings. The van der Waals surface area contributed by atoms with Crippen LogP contribution in [0.4, 0.5) is 0 Å². The van der Waals surface area contributed by atoms with Gasteiger partial charge in [-0.1, -0.05) is 6.08 Å². The van der Waals surface area contributed by atoms with Gasteiger partial charge in [0, 0.05) is 18.8 Å². The smallest absolute Gasteiger partial charge is 0.341 e. The lowest BCUT2D eigenvalue weighted by molar-refractivity contribution is -0.131. The number of nitrogens with one attached hydrogen (secondary N) is 1. The number of fused-ring (bicyclic) bond motifs is 2. The highest BCUT2D eigenvalue weighted by Gasteiger charge is 2.49. The van der Waals surface area contributed by atoms with Crippen LogP contribution in [0.25, 0.3) is 0 Å². The molecule has 3 aliphatic rings. The van der Waals surface area contributed by atoms with Gasteiger partial charge >= 0.3 is 5.97 Å². The monoisotopic (exact) mass is 253 g/mol. The summed E-state index contributed by atoms with van der Waals surface area (Å²) in [6.07, 6.45) is 7.49. The summed E-state index contributed by atoms with van der Waals surface area (Å²) in [5.41, 5.74) is -0.178. The summed E-state index contributed by atoms with van der Waals surface area (Å²) in [4.78, 5) is 11.5. The second-order valence-corrected chi connectivity index (χ2v) is 5.90. The van der Waals surface area contributed by atoms with Crippen LogP contribution in [0.1, 0.15) is 12.8 Å². The van der Waals surface area contributed by atoms with E-state index >= 15 is 0 Å². The van der Waals surface area contributed by atoms with Crippen LogP contribution in [-0.4, -0.2) is 35.0 Å². The third-order valence-corrected chi connectivity index (χ3v) is 5.29. The van der Waals surface area contributed by atoms with E-state index in [0.29, 0.717) is 4.91 Å². The molecule has 5 heteroatoms. The Labute approximate surface area is 104 Å². The highest BCUT2D eigenvalue weighted by molar-refractivity contribution is 8.04. The Morgan fingerprint density at radius 3 is 3.00 bits per heavy atom. The van der Waals surface area contributed by atoms with Gasteiger partial charge in [0.2, 0.25) is 0 Å². The lowest BCUT2D eigenvalue weighted by Crippen LogP contribution is -2.52. The standard InChI is InChI=1S/C12H15NO3S/c14-11(15)9-7-8-1-6-16-12(10(8)17-9)2-4-13-5-3-12/h1,6-8,10,13H,2-5H2,(H,14,15). The fourth-order valence-electron chi connectivity index (χ4n) is 2.84. The summed E-state index contributed by atoms with van der Waals surface area (Å²) in [5.74, 6) is -0.611. The maximum Gasteiger partial charge on any atom is 0.341 e. The summed E-state index contributed by atoms with van der Waals surface area (Å²) >= 11 is 1.47. The van der Waals surface area contributed by atoms with E-state index in [1.54, 1.807) is 6.26 Å². The molecule has 3 heterocycles. The minimum absolute atomic E-state index is 0.178. The van der Waals surface area contributed by atoms with Gasteiger partial charge in [-0.3, -0.25) is 0 Å². The molecule has 92 valence electrons. The molecule has 0 saturated carbocycles. The van der Waals surface area contributed by atoms with Crippen molar-refractivity contribution in [3.63, 3.8) is 0 Å². The molecule has 1 spiro atoms. The molecule has 1 saturated heterocycles. The van der Waals surface area contributed by atoms with Crippen LogP contribution >= 0.6 is 11.8 Å². The Kier molecular flexibility index (Phi) is 2.67. The van der Waals surface area contributed by atoms with Crippen molar-refractivity contribution in [3.8, 4) is 0 Å². The van der Waals surface area contributed by atoms with Gasteiger partial charge in [-0.2, -0.15) is 0 Å². The summed E-state index contributed by atoms with van der Waals surface area (Å²) in [6, 6.07) is 0. The van der Waals surface area contributed by atoms with Gasteiger partial charge in [0.1, 0.15) is 5.60 Å². The average molecular weight is 253 g/mol. The zero-order valence-electron chi connectivity index (χ0n) is 9.39. The van der Waals surface area contributed by atoms with E-state index in [1.165, 1.54) is 11.8 Å². The number of hydrogen-bond acceptors (Lipinski definition) is 4. The molecule has 0 aromatic carbocycles. The number of aliphatic carboxylic acids is 1. The molecule has 3 aliphatic heterocycles. The zero-order chi connectivity index (χ0) is 11.9. The number of piperidine rings is 1. The SMILES string of the molecule is O=C(O)C1=CC2C=COC3(CCNCC3)C2S1. The van der Waals surface area contributed by atoms with Crippen molar-refractivity contribution in [2.45, 2.75) is 23.7 Å². The van der Waals surface area contributed by atoms with Gasteiger partial charge in [0.25, 0.3) is 0 Å². The number of thioether (sulfide) groups is 1. The lowest BCUT2D eigenvalue weighted by Gasteiger charge is -2.44. The fourth-order valence-corrected chi connectivity index (χ4v) is 4.28. The molecule has 4 nitrogen and oxygen atoms in total. The second kappa shape index (κ2) is 4.07. The van der Waals surface area contributed by atoms with Gasteiger partial charge in [0.15, 0.2) is 0 Å². The number of carbonyl (C=O) groups is 1. The Bertz CT molecular complexity index is 399. The van der Waals surface area contributed by atoms with Crippen molar-refractivity contribution >= 4 is 17.7 Å². The highest BCUT2D eigenvalue weighted by Crippen LogP contribution is 2.49. The van der Waals surface area contributed by atoms with Gasteiger partial charge in [-0.05, 0) is 19.2 Å². The quantitative estimate of drug-likeness (QED) is 0.739. The molecule has 0 amide bonds. The Hall–Kier alpha value is -0.940. The fraction of sp³-hybridized carbons (Fsp3) is 0.583. The van der Waals surface area contributed by atoms with Crippen LogP contribution in [0.15, 0.2) is 23.3 Å². The summed E-state index contributed by atoms with van der Waals surface area (Å²) < 4.78 is 5.88. The molecule has 2 N–H and O–H groups in total. The first-order valence-electron chi connectivity index (χ1n) is 5.88. The third kappa shape index (κ3) is 1.77. The van der Waals surface area contributed by atoms with Crippen molar-refractivity contribution in [1.82, 2.24) is 5.32 Å². The number of rotatable bonds is 1. The van der Waals surface area contributed by atoms with Crippen molar-refractivity contribution in [2.75, 3.05) is 13.1 Å². The predicted octanol–water partition coefficient (Wildman–Crippen LogP) is 1.35. The highest BCUT2D eigenvalue weighted by atomic mass is 32.2. The number of carboxylic acids is 1. The molecule has 2 unspecified atom stereocenters. The molecule has 0 radical (unpaired) electrons. The van der Waals surface area contributed by atoms with Crippen LogP contribution in [0, 0.1) is 5.92 Å². The zero-order valence-corrected chi connectivity index (χ0v) is 10.2. The minimum Gasteiger partial charge on any atom is -0.494 e. The van der Waals surface area contributed by atoms with Crippen LogP contribution in [0.3, 0.4) is 0 Å². The molecule has 0 aromatic rings. The van der Waals surface area contributed by atoms with E-state index < -0.39 is 5.97 Å². The van der Waals surface area contributed by atoms with Crippen molar-refractivity contribution in [3.05, 3.63) is 23.3 Å². The summed E-state index contributed by atoms with van der Waals surface area (Å²) in [7, 11) is 0. The first-order chi connectivity index (χ1) is 8.21. The normalized spacial score (nSPS) is 34.0. The van der Waals surface area contributed by atoms with Gasteiger partial charge < -0.3 is 15.2 Å². The number of carboxylic acid groups (broad SMARTS) is 1. The molecule has 17 heavy (non-hydrogen) atoms. The Balaban J connectivity index is 1.87. The second-order valence-electron chi connectivity index (χ2n) is 4.71. The van der Waals surface area contributed by atoms with E-state index in [2.05, 4.69) is 5.32 Å². The van der Waals surface area contributed by atoms with Crippen LogP contribution in [-0.2, 0) is 9.53 Å². The van der Waals surface area contributed by atoms with Gasteiger partial charge in [0.05, 0.1) is 16.4 Å². The number of hydrogen-bond donors (Lipinski definition) is 2. The Morgan fingerprint density at radius 2 is 2.29 bits per heavy atom. The van der Waals surface area contributed by atoms with E-state index in [4.69, 9.17) is 9.84 Å². The van der Waals surface area contributed by atoms with Crippen LogP contribution < -0.4 is 5.32 Å². The largest absolute Gasteiger partial charge is 0.494 e. The van der Waals surface area contributed by atoms with Gasteiger partial charge in [-0.25, -0.2) is 4.79 Å². The molecule has 2 atom stereocenters. The maximum absolute atomic E-state index is 11.0. The van der Waals surface area contributed by atoms with E-state index in [9.17, 15) is 4.79 Å². The van der Waals surface area contributed by atoms with Crippen LogP contribution in [0.2, 0.25) is 0 Å².